The summed E-state index contributed by atoms with van der Waals surface area (Å²) in [4.78, 5) is 23.1. The van der Waals surface area contributed by atoms with E-state index in [1.165, 1.54) is 4.57 Å². The third-order valence-electron chi connectivity index (χ3n) is 2.67. The molecule has 0 atom stereocenters. The molecule has 0 amide bonds. The lowest BCUT2D eigenvalue weighted by Crippen LogP contribution is -2.44. The van der Waals surface area contributed by atoms with Crippen LogP contribution in [-0.4, -0.2) is 16.4 Å². The Morgan fingerprint density at radius 1 is 1.26 bits per heavy atom. The highest BCUT2D eigenvalue weighted by Gasteiger charge is 2.08. The molecule has 1 aromatic carbocycles. The number of ether oxygens (including phenoxy) is 1. The molecule has 6 nitrogen and oxygen atoms in total. The predicted octanol–water partition coefficient (Wildman–Crippen LogP) is 0.434. The average molecular weight is 282 g/mol. The molecule has 0 spiro atoms. The maximum Gasteiger partial charge on any atom is 0.351 e. The Balaban J connectivity index is 2.40. The molecule has 7 heteroatoms. The molecule has 0 saturated carbocycles. The first-order valence-electron chi connectivity index (χ1n) is 5.43. The molecule has 100 valence electrons. The Bertz CT molecular complexity index is 704. The van der Waals surface area contributed by atoms with E-state index < -0.39 is 11.2 Å². The zero-order valence-corrected chi connectivity index (χ0v) is 10.9. The van der Waals surface area contributed by atoms with Gasteiger partial charge in [0.25, 0.3) is 5.56 Å². The first-order valence-corrected chi connectivity index (χ1v) is 5.81. The number of methoxy groups -OCH3 is 1. The van der Waals surface area contributed by atoms with Crippen LogP contribution in [-0.2, 0) is 6.54 Å². The third kappa shape index (κ3) is 2.63. The van der Waals surface area contributed by atoms with Crippen molar-refractivity contribution in [2.45, 2.75) is 6.54 Å². The molecular weight excluding hydrogens is 270 g/mol. The fraction of sp³-hybridized carbons (Fsp3) is 0.167. The molecule has 0 radical (unpaired) electrons. The predicted molar refractivity (Wildman–Crippen MR) is 72.2 cm³/mol. The van der Waals surface area contributed by atoms with Crippen LogP contribution in [0.2, 0.25) is 5.15 Å². The molecule has 0 aliphatic rings. The van der Waals surface area contributed by atoms with Crippen LogP contribution in [0, 0.1) is 0 Å². The fourth-order valence-electron chi connectivity index (χ4n) is 1.62. The molecule has 0 unspecified atom stereocenters. The van der Waals surface area contributed by atoms with Gasteiger partial charge in [0, 0.05) is 6.07 Å². The van der Waals surface area contributed by atoms with Gasteiger partial charge < -0.3 is 10.6 Å². The van der Waals surface area contributed by atoms with Crippen molar-refractivity contribution < 1.29 is 4.74 Å². The second-order valence-electron chi connectivity index (χ2n) is 3.89. The van der Waals surface area contributed by atoms with Crippen LogP contribution in [0.1, 0.15) is 5.56 Å². The van der Waals surface area contributed by atoms with Crippen LogP contribution < -0.4 is 21.8 Å². The van der Waals surface area contributed by atoms with Crippen molar-refractivity contribution in [1.29, 1.82) is 0 Å². The van der Waals surface area contributed by atoms with Crippen molar-refractivity contribution >= 4 is 11.6 Å². The maximum absolute atomic E-state index is 11.8. The van der Waals surface area contributed by atoms with Crippen LogP contribution in [0.4, 0.5) is 0 Å². The highest BCUT2D eigenvalue weighted by Crippen LogP contribution is 2.13. The van der Waals surface area contributed by atoms with E-state index in [-0.39, 0.29) is 11.7 Å². The Labute approximate surface area is 113 Å². The van der Waals surface area contributed by atoms with E-state index >= 15 is 0 Å². The Kier molecular flexibility index (Phi) is 3.62. The van der Waals surface area contributed by atoms with Gasteiger partial charge in [-0.15, -0.1) is 0 Å². The van der Waals surface area contributed by atoms with Crippen molar-refractivity contribution in [3.63, 3.8) is 0 Å². The normalized spacial score (nSPS) is 10.4. The number of hydrogen-bond acceptors (Lipinski definition) is 4. The van der Waals surface area contributed by atoms with Crippen LogP contribution in [0.3, 0.4) is 0 Å². The lowest BCUT2D eigenvalue weighted by molar-refractivity contribution is 0.414. The van der Waals surface area contributed by atoms with Crippen LogP contribution in [0.25, 0.3) is 0 Å². The first kappa shape index (κ1) is 13.2. The van der Waals surface area contributed by atoms with Crippen molar-refractivity contribution in [2.75, 3.05) is 13.0 Å². The minimum Gasteiger partial charge on any atom is -0.497 e. The number of benzene rings is 1. The zero-order chi connectivity index (χ0) is 14.0. The maximum atomic E-state index is 11.8. The van der Waals surface area contributed by atoms with E-state index in [9.17, 15) is 9.59 Å². The molecule has 1 heterocycles. The van der Waals surface area contributed by atoms with E-state index in [1.807, 2.05) is 0 Å². The van der Waals surface area contributed by atoms with Gasteiger partial charge in [0.15, 0.2) is 0 Å². The molecular formula is C12H12ClN3O3. The molecule has 2 rings (SSSR count). The molecule has 1 aromatic heterocycles. The highest BCUT2D eigenvalue weighted by atomic mass is 35.5. The first-order chi connectivity index (χ1) is 9.02. The van der Waals surface area contributed by atoms with Gasteiger partial charge in [-0.2, -0.15) is 4.68 Å². The summed E-state index contributed by atoms with van der Waals surface area (Å²) in [6.45, 7) is 0.221. The summed E-state index contributed by atoms with van der Waals surface area (Å²) >= 11 is 5.88. The molecule has 0 fully saturated rings. The molecule has 0 aliphatic heterocycles. The van der Waals surface area contributed by atoms with Gasteiger partial charge in [-0.1, -0.05) is 23.7 Å². The van der Waals surface area contributed by atoms with E-state index in [0.29, 0.717) is 10.4 Å². The van der Waals surface area contributed by atoms with Crippen molar-refractivity contribution in [3.05, 3.63) is 61.9 Å². The molecule has 2 N–H and O–H groups in total. The van der Waals surface area contributed by atoms with Crippen molar-refractivity contribution in [1.82, 2.24) is 9.24 Å². The zero-order valence-electron chi connectivity index (χ0n) is 10.2. The summed E-state index contributed by atoms with van der Waals surface area (Å²) in [5.41, 5.74) is -0.460. The molecule has 19 heavy (non-hydrogen) atoms. The minimum absolute atomic E-state index is 0.0486. The van der Waals surface area contributed by atoms with Crippen LogP contribution in [0.5, 0.6) is 5.75 Å². The monoisotopic (exact) mass is 281 g/mol. The highest BCUT2D eigenvalue weighted by molar-refractivity contribution is 6.29. The average Bonchev–Trinajstić information content (AvgIpc) is 2.42. The lowest BCUT2D eigenvalue weighted by Gasteiger charge is -2.10. The number of hydrogen-bond donors (Lipinski definition) is 1. The number of rotatable bonds is 3. The summed E-state index contributed by atoms with van der Waals surface area (Å²) in [5, 5.41) is 0.0486. The van der Waals surface area contributed by atoms with Gasteiger partial charge in [0.2, 0.25) is 0 Å². The summed E-state index contributed by atoms with van der Waals surface area (Å²) in [5.74, 6) is 6.06. The number of aromatic nitrogens is 2. The van der Waals surface area contributed by atoms with Gasteiger partial charge in [-0.05, 0) is 17.7 Å². The number of nitrogens with zero attached hydrogens (tertiary/aromatic N) is 2. The number of halogens is 1. The Morgan fingerprint density at radius 2 is 1.89 bits per heavy atom. The quantitative estimate of drug-likeness (QED) is 0.654. The summed E-state index contributed by atoms with van der Waals surface area (Å²) in [7, 11) is 1.57. The second kappa shape index (κ2) is 5.19. The van der Waals surface area contributed by atoms with E-state index in [0.717, 1.165) is 11.6 Å². The summed E-state index contributed by atoms with van der Waals surface area (Å²) in [6.07, 6.45) is 0. The smallest absolute Gasteiger partial charge is 0.351 e. The Hall–Kier alpha value is -2.21. The standard InChI is InChI=1S/C12H12ClN3O3/c1-19-9-4-2-8(3-5-9)7-15-10(13)6-11(17)16(14)12(15)18/h2-6H,7,14H2,1H3. The Morgan fingerprint density at radius 3 is 2.47 bits per heavy atom. The van der Waals surface area contributed by atoms with Crippen molar-refractivity contribution in [3.8, 4) is 5.75 Å². The van der Waals surface area contributed by atoms with Crippen LogP contribution >= 0.6 is 11.6 Å². The van der Waals surface area contributed by atoms with Gasteiger partial charge in [0.05, 0.1) is 13.7 Å². The fourth-order valence-corrected chi connectivity index (χ4v) is 1.85. The molecule has 2 aromatic rings. The van der Waals surface area contributed by atoms with Gasteiger partial charge in [-0.25, -0.2) is 4.79 Å². The van der Waals surface area contributed by atoms with E-state index in [1.54, 1.807) is 31.4 Å². The largest absolute Gasteiger partial charge is 0.497 e. The van der Waals surface area contributed by atoms with Crippen molar-refractivity contribution in [2.24, 2.45) is 0 Å². The lowest BCUT2D eigenvalue weighted by atomic mass is 10.2. The third-order valence-corrected chi connectivity index (χ3v) is 2.99. The van der Waals surface area contributed by atoms with Gasteiger partial charge in [-0.3, -0.25) is 9.36 Å². The SMILES string of the molecule is COc1ccc(Cn2c(Cl)cc(=O)n(N)c2=O)cc1. The van der Waals surface area contributed by atoms with Crippen LogP contribution in [0.15, 0.2) is 39.9 Å². The minimum atomic E-state index is -0.659. The van der Waals surface area contributed by atoms with E-state index in [4.69, 9.17) is 22.2 Å². The summed E-state index contributed by atoms with van der Waals surface area (Å²) in [6, 6.07) is 8.24. The summed E-state index contributed by atoms with van der Waals surface area (Å²) < 4.78 is 6.78. The number of nitrogen functional groups attached to an aromatic ring is 1. The second-order valence-corrected chi connectivity index (χ2v) is 4.28. The van der Waals surface area contributed by atoms with Gasteiger partial charge >= 0.3 is 5.69 Å². The number of nitrogens with two attached hydrogens (primary N) is 1. The molecule has 0 bridgehead atoms. The molecule has 0 saturated heterocycles. The van der Waals surface area contributed by atoms with E-state index in [2.05, 4.69) is 0 Å². The van der Waals surface area contributed by atoms with Gasteiger partial charge in [0.1, 0.15) is 10.9 Å². The molecule has 0 aliphatic carbocycles. The topological polar surface area (TPSA) is 79.2 Å².